The van der Waals surface area contributed by atoms with Gasteiger partial charge in [0.1, 0.15) is 6.33 Å². The van der Waals surface area contributed by atoms with Crippen molar-refractivity contribution in [1.82, 2.24) is 14.8 Å². The number of H-pyrrole nitrogens is 1. The fourth-order valence-corrected chi connectivity index (χ4v) is 1.77. The summed E-state index contributed by atoms with van der Waals surface area (Å²) < 4.78 is 38.9. The SMILES string of the molecule is FC(F)(F)c1ccc(-n2cn[nH]c2=S)c(Cl)c1. The van der Waals surface area contributed by atoms with Crippen LogP contribution >= 0.6 is 23.8 Å². The number of aromatic nitrogens is 3. The van der Waals surface area contributed by atoms with Crippen molar-refractivity contribution in [3.05, 3.63) is 39.9 Å². The molecule has 0 aliphatic rings. The Morgan fingerprint density at radius 1 is 1.35 bits per heavy atom. The number of nitrogens with one attached hydrogen (secondary N) is 1. The van der Waals surface area contributed by atoms with E-state index in [1.54, 1.807) is 0 Å². The molecule has 1 aromatic carbocycles. The Bertz CT molecular complexity index is 602. The van der Waals surface area contributed by atoms with E-state index in [-0.39, 0.29) is 9.79 Å². The van der Waals surface area contributed by atoms with E-state index in [1.807, 2.05) is 0 Å². The van der Waals surface area contributed by atoms with Crippen LogP contribution in [0.3, 0.4) is 0 Å². The number of rotatable bonds is 1. The van der Waals surface area contributed by atoms with E-state index in [2.05, 4.69) is 10.2 Å². The number of hydrogen-bond donors (Lipinski definition) is 1. The van der Waals surface area contributed by atoms with Crippen molar-refractivity contribution < 1.29 is 13.2 Å². The molecule has 2 rings (SSSR count). The topological polar surface area (TPSA) is 33.6 Å². The van der Waals surface area contributed by atoms with Crippen molar-refractivity contribution in [2.24, 2.45) is 0 Å². The van der Waals surface area contributed by atoms with Gasteiger partial charge in [-0.1, -0.05) is 11.6 Å². The van der Waals surface area contributed by atoms with E-state index in [4.69, 9.17) is 23.8 Å². The average molecular weight is 280 g/mol. The smallest absolute Gasteiger partial charge is 0.273 e. The summed E-state index contributed by atoms with van der Waals surface area (Å²) in [5.74, 6) is 0. The Morgan fingerprint density at radius 3 is 2.53 bits per heavy atom. The standard InChI is InChI=1S/C9H5ClF3N3S/c10-6-3-5(9(11,12)13)1-2-7(6)16-4-14-15-8(16)17/h1-4H,(H,15,17). The second kappa shape index (κ2) is 4.15. The molecule has 0 saturated carbocycles. The van der Waals surface area contributed by atoms with Gasteiger partial charge in [0, 0.05) is 0 Å². The molecule has 0 aliphatic carbocycles. The van der Waals surface area contributed by atoms with Gasteiger partial charge in [-0.2, -0.15) is 18.3 Å². The quantitative estimate of drug-likeness (QED) is 0.809. The Labute approximate surface area is 104 Å². The van der Waals surface area contributed by atoms with Gasteiger partial charge in [-0.3, -0.25) is 9.67 Å². The zero-order chi connectivity index (χ0) is 12.6. The van der Waals surface area contributed by atoms with Crippen molar-refractivity contribution in [3.8, 4) is 5.69 Å². The first kappa shape index (κ1) is 12.1. The first-order chi connectivity index (χ1) is 7.89. The minimum absolute atomic E-state index is 0.0441. The second-order valence-corrected chi connectivity index (χ2v) is 3.99. The molecule has 90 valence electrons. The fourth-order valence-electron chi connectivity index (χ4n) is 1.30. The van der Waals surface area contributed by atoms with Crippen molar-refractivity contribution in [2.75, 3.05) is 0 Å². The third kappa shape index (κ3) is 2.34. The fraction of sp³-hybridized carbons (Fsp3) is 0.111. The predicted molar refractivity (Wildman–Crippen MR) is 58.8 cm³/mol. The summed E-state index contributed by atoms with van der Waals surface area (Å²) in [5, 5.41) is 6.11. The van der Waals surface area contributed by atoms with E-state index in [0.29, 0.717) is 5.69 Å². The molecule has 1 N–H and O–H groups in total. The zero-order valence-corrected chi connectivity index (χ0v) is 9.70. The van der Waals surface area contributed by atoms with Crippen molar-refractivity contribution in [2.45, 2.75) is 6.18 Å². The highest BCUT2D eigenvalue weighted by atomic mass is 35.5. The molecule has 0 saturated heterocycles. The molecule has 8 heteroatoms. The molecule has 0 bridgehead atoms. The lowest BCUT2D eigenvalue weighted by Crippen LogP contribution is -2.05. The van der Waals surface area contributed by atoms with Crippen LogP contribution in [-0.4, -0.2) is 14.8 Å². The molecule has 0 amide bonds. The molecule has 2 aromatic rings. The van der Waals surface area contributed by atoms with Gasteiger partial charge in [-0.05, 0) is 30.4 Å². The summed E-state index contributed by atoms with van der Waals surface area (Å²) in [4.78, 5) is 0. The molecule has 0 spiro atoms. The largest absolute Gasteiger partial charge is 0.416 e. The molecular weight excluding hydrogens is 275 g/mol. The Balaban J connectivity index is 2.54. The van der Waals surface area contributed by atoms with Crippen LogP contribution in [-0.2, 0) is 6.18 Å². The molecular formula is C9H5ClF3N3S. The van der Waals surface area contributed by atoms with Gasteiger partial charge in [0.25, 0.3) is 0 Å². The number of hydrogen-bond acceptors (Lipinski definition) is 2. The van der Waals surface area contributed by atoms with Gasteiger partial charge in [0.2, 0.25) is 0 Å². The molecule has 17 heavy (non-hydrogen) atoms. The second-order valence-electron chi connectivity index (χ2n) is 3.20. The summed E-state index contributed by atoms with van der Waals surface area (Å²) in [6, 6.07) is 3.04. The summed E-state index contributed by atoms with van der Waals surface area (Å²) in [6.45, 7) is 0. The first-order valence-corrected chi connectivity index (χ1v) is 5.17. The molecule has 0 fully saturated rings. The number of benzene rings is 1. The van der Waals surface area contributed by atoms with E-state index >= 15 is 0 Å². The lowest BCUT2D eigenvalue weighted by Gasteiger charge is -2.09. The van der Waals surface area contributed by atoms with Gasteiger partial charge in [0.15, 0.2) is 4.77 Å². The van der Waals surface area contributed by atoms with Crippen LogP contribution in [0.1, 0.15) is 5.56 Å². The van der Waals surface area contributed by atoms with Crippen LogP contribution < -0.4 is 0 Å². The Morgan fingerprint density at radius 2 is 2.06 bits per heavy atom. The summed E-state index contributed by atoms with van der Waals surface area (Å²) in [7, 11) is 0. The highest BCUT2D eigenvalue weighted by Gasteiger charge is 2.31. The number of alkyl halides is 3. The molecule has 1 heterocycles. The van der Waals surface area contributed by atoms with E-state index < -0.39 is 11.7 Å². The van der Waals surface area contributed by atoms with Gasteiger partial charge in [-0.15, -0.1) is 0 Å². The number of aromatic amines is 1. The average Bonchev–Trinajstić information content (AvgIpc) is 2.63. The van der Waals surface area contributed by atoms with Crippen LogP contribution in [0.15, 0.2) is 24.5 Å². The van der Waals surface area contributed by atoms with Gasteiger partial charge < -0.3 is 0 Å². The number of halogens is 4. The lowest BCUT2D eigenvalue weighted by molar-refractivity contribution is -0.137. The molecule has 3 nitrogen and oxygen atoms in total. The zero-order valence-electron chi connectivity index (χ0n) is 8.12. The highest BCUT2D eigenvalue weighted by molar-refractivity contribution is 7.71. The Hall–Kier alpha value is -1.34. The van der Waals surface area contributed by atoms with Crippen LogP contribution in [0.5, 0.6) is 0 Å². The first-order valence-electron chi connectivity index (χ1n) is 4.39. The third-order valence-electron chi connectivity index (χ3n) is 2.09. The molecule has 0 radical (unpaired) electrons. The lowest BCUT2D eigenvalue weighted by atomic mass is 10.2. The predicted octanol–water partition coefficient (Wildman–Crippen LogP) is 3.60. The van der Waals surface area contributed by atoms with E-state index in [1.165, 1.54) is 17.0 Å². The summed E-state index contributed by atoms with van der Waals surface area (Å²) >= 11 is 10.7. The summed E-state index contributed by atoms with van der Waals surface area (Å²) in [5.41, 5.74) is -0.459. The molecule has 1 aromatic heterocycles. The van der Waals surface area contributed by atoms with Gasteiger partial charge >= 0.3 is 6.18 Å². The molecule has 0 unspecified atom stereocenters. The number of nitrogens with zero attached hydrogens (tertiary/aromatic N) is 2. The van der Waals surface area contributed by atoms with Crippen LogP contribution in [0.4, 0.5) is 13.2 Å². The minimum atomic E-state index is -4.42. The minimum Gasteiger partial charge on any atom is -0.273 e. The summed E-state index contributed by atoms with van der Waals surface area (Å²) in [6.07, 6.45) is -3.07. The van der Waals surface area contributed by atoms with E-state index in [9.17, 15) is 13.2 Å². The van der Waals surface area contributed by atoms with Crippen molar-refractivity contribution in [3.63, 3.8) is 0 Å². The normalized spacial score (nSPS) is 11.8. The Kier molecular flexibility index (Phi) is 2.96. The van der Waals surface area contributed by atoms with Crippen molar-refractivity contribution >= 4 is 23.8 Å². The van der Waals surface area contributed by atoms with E-state index in [0.717, 1.165) is 12.1 Å². The van der Waals surface area contributed by atoms with Gasteiger partial charge in [-0.25, -0.2) is 0 Å². The maximum absolute atomic E-state index is 12.4. The maximum Gasteiger partial charge on any atom is 0.416 e. The highest BCUT2D eigenvalue weighted by Crippen LogP contribution is 2.33. The van der Waals surface area contributed by atoms with Crippen LogP contribution in [0.25, 0.3) is 5.69 Å². The van der Waals surface area contributed by atoms with Crippen LogP contribution in [0, 0.1) is 4.77 Å². The third-order valence-corrected chi connectivity index (χ3v) is 2.68. The monoisotopic (exact) mass is 279 g/mol. The van der Waals surface area contributed by atoms with Gasteiger partial charge in [0.05, 0.1) is 16.3 Å². The van der Waals surface area contributed by atoms with Crippen LogP contribution in [0.2, 0.25) is 5.02 Å². The maximum atomic E-state index is 12.4. The van der Waals surface area contributed by atoms with Crippen molar-refractivity contribution in [1.29, 1.82) is 0 Å². The molecule has 0 atom stereocenters. The molecule has 0 aliphatic heterocycles.